The van der Waals surface area contributed by atoms with Crippen molar-refractivity contribution >= 4 is 32.5 Å². The molecule has 1 aromatic heterocycles. The molecule has 0 unspecified atom stereocenters. The van der Waals surface area contributed by atoms with Gasteiger partial charge in [0.05, 0.1) is 23.2 Å². The minimum absolute atomic E-state index is 0.0927. The Bertz CT molecular complexity index is 1620. The molecule has 1 heterocycles. The van der Waals surface area contributed by atoms with E-state index in [9.17, 15) is 13.2 Å². The van der Waals surface area contributed by atoms with Gasteiger partial charge in [-0.25, -0.2) is 8.42 Å². The van der Waals surface area contributed by atoms with Gasteiger partial charge in [-0.2, -0.15) is 0 Å². The maximum Gasteiger partial charge on any atom is 0.264 e. The number of anilines is 1. The monoisotopic (exact) mass is 557 g/mol. The minimum atomic E-state index is -4.06. The number of pyridine rings is 1. The lowest BCUT2D eigenvalue weighted by atomic mass is 9.87. The minimum Gasteiger partial charge on any atom is -0.497 e. The fraction of sp³-hybridized carbons (Fsp3) is 0.312. The molecule has 0 N–H and O–H groups in total. The fourth-order valence-corrected chi connectivity index (χ4v) is 6.18. The molecule has 1 saturated carbocycles. The summed E-state index contributed by atoms with van der Waals surface area (Å²) in [4.78, 5) is 20.2. The van der Waals surface area contributed by atoms with Gasteiger partial charge in [-0.3, -0.25) is 14.1 Å². The Morgan fingerprint density at radius 2 is 1.73 bits per heavy atom. The van der Waals surface area contributed by atoms with Gasteiger partial charge in [0.2, 0.25) is 5.91 Å². The van der Waals surface area contributed by atoms with Gasteiger partial charge >= 0.3 is 0 Å². The van der Waals surface area contributed by atoms with Crippen molar-refractivity contribution in [2.45, 2.75) is 56.5 Å². The molecular weight excluding hydrogens is 522 g/mol. The number of carbonyl (C=O) groups is 1. The third-order valence-corrected chi connectivity index (χ3v) is 9.04. The van der Waals surface area contributed by atoms with E-state index in [1.807, 2.05) is 48.5 Å². The molecule has 8 heteroatoms. The predicted molar refractivity (Wildman–Crippen MR) is 158 cm³/mol. The molecule has 4 aromatic rings. The number of hydrogen-bond acceptors (Lipinski definition) is 5. The van der Waals surface area contributed by atoms with E-state index in [1.165, 1.54) is 4.31 Å². The van der Waals surface area contributed by atoms with Crippen molar-refractivity contribution in [2.75, 3.05) is 18.0 Å². The normalized spacial score (nSPS) is 13.7. The highest BCUT2D eigenvalue weighted by molar-refractivity contribution is 7.92. The molecule has 0 atom stereocenters. The van der Waals surface area contributed by atoms with Gasteiger partial charge in [0.15, 0.2) is 0 Å². The lowest BCUT2D eigenvalue weighted by Crippen LogP contribution is -2.43. The molecule has 208 valence electrons. The van der Waals surface area contributed by atoms with Crippen molar-refractivity contribution in [3.63, 3.8) is 0 Å². The summed E-state index contributed by atoms with van der Waals surface area (Å²) in [6, 6.07) is 23.6. The van der Waals surface area contributed by atoms with Gasteiger partial charge < -0.3 is 9.64 Å². The van der Waals surface area contributed by atoms with Crippen molar-refractivity contribution in [3.05, 3.63) is 96.2 Å². The van der Waals surface area contributed by atoms with E-state index in [0.717, 1.165) is 34.9 Å². The number of ether oxygens (including phenoxy) is 1. The van der Waals surface area contributed by atoms with Gasteiger partial charge in [0.25, 0.3) is 10.0 Å². The lowest BCUT2D eigenvalue weighted by molar-refractivity contribution is -0.130. The number of aromatic nitrogens is 1. The third-order valence-electron chi connectivity index (χ3n) is 7.26. The van der Waals surface area contributed by atoms with Crippen LogP contribution in [0, 0.1) is 0 Å². The number of nitrogens with zero attached hydrogens (tertiary/aromatic N) is 3. The van der Waals surface area contributed by atoms with E-state index in [1.54, 1.807) is 48.5 Å². The summed E-state index contributed by atoms with van der Waals surface area (Å²) in [7, 11) is -2.45. The van der Waals surface area contributed by atoms with Crippen LogP contribution in [0.2, 0.25) is 0 Å². The number of hydrogen-bond donors (Lipinski definition) is 0. The molecule has 0 radical (unpaired) electrons. The first kappa shape index (κ1) is 27.6. The van der Waals surface area contributed by atoms with Crippen molar-refractivity contribution in [1.29, 1.82) is 0 Å². The second-order valence-corrected chi connectivity index (χ2v) is 13.1. The number of methoxy groups -OCH3 is 1. The third kappa shape index (κ3) is 5.97. The Hall–Kier alpha value is -3.91. The summed E-state index contributed by atoms with van der Waals surface area (Å²) in [5, 5.41) is 0.797. The molecule has 3 aromatic carbocycles. The molecule has 0 aliphatic heterocycles. The zero-order valence-corrected chi connectivity index (χ0v) is 24.2. The topological polar surface area (TPSA) is 79.8 Å². The molecular formula is C32H35N3O4S. The van der Waals surface area contributed by atoms with Crippen molar-refractivity contribution in [1.82, 2.24) is 9.88 Å². The summed E-state index contributed by atoms with van der Waals surface area (Å²) < 4.78 is 34.9. The van der Waals surface area contributed by atoms with Crippen molar-refractivity contribution in [3.8, 4) is 5.75 Å². The predicted octanol–water partition coefficient (Wildman–Crippen LogP) is 5.93. The van der Waals surface area contributed by atoms with Crippen LogP contribution in [0.15, 0.2) is 90.0 Å². The maximum absolute atomic E-state index is 14.1. The number of rotatable bonds is 9. The molecule has 1 amide bonds. The number of carbonyl (C=O) groups excluding carboxylic acids is 1. The Balaban J connectivity index is 1.51. The Morgan fingerprint density at radius 3 is 2.40 bits per heavy atom. The van der Waals surface area contributed by atoms with E-state index >= 15 is 0 Å². The molecule has 1 aliphatic carbocycles. The first-order valence-electron chi connectivity index (χ1n) is 13.5. The van der Waals surface area contributed by atoms with Gasteiger partial charge in [-0.15, -0.1) is 0 Å². The molecule has 0 saturated heterocycles. The highest BCUT2D eigenvalue weighted by Crippen LogP contribution is 2.32. The molecule has 0 bridgehead atoms. The van der Waals surface area contributed by atoms with E-state index in [-0.39, 0.29) is 28.8 Å². The maximum atomic E-state index is 14.1. The second kappa shape index (κ2) is 10.9. The molecule has 1 fully saturated rings. The van der Waals surface area contributed by atoms with Gasteiger partial charge in [-0.05, 0) is 77.9 Å². The van der Waals surface area contributed by atoms with Crippen LogP contribution >= 0.6 is 0 Å². The summed E-state index contributed by atoms with van der Waals surface area (Å²) in [6.07, 6.45) is 3.50. The van der Waals surface area contributed by atoms with Crippen molar-refractivity contribution < 1.29 is 17.9 Å². The Kier molecular flexibility index (Phi) is 7.55. The SMILES string of the molecule is COc1cccc(CN(C(=O)CN(c2ccc3ncccc3c2)S(=O)(=O)c2ccc(C(C)(C)C)cc2)C2CC2)c1. The Morgan fingerprint density at radius 1 is 0.975 bits per heavy atom. The number of sulfonamides is 1. The molecule has 7 nitrogen and oxygen atoms in total. The summed E-state index contributed by atoms with van der Waals surface area (Å²) in [5.74, 6) is 0.472. The number of amides is 1. The van der Waals surface area contributed by atoms with Crippen LogP contribution in [0.25, 0.3) is 10.9 Å². The van der Waals surface area contributed by atoms with Crippen LogP contribution < -0.4 is 9.04 Å². The smallest absolute Gasteiger partial charge is 0.264 e. The zero-order valence-electron chi connectivity index (χ0n) is 23.4. The lowest BCUT2D eigenvalue weighted by Gasteiger charge is -2.29. The molecule has 0 spiro atoms. The van der Waals surface area contributed by atoms with Crippen LogP contribution in [-0.4, -0.2) is 43.9 Å². The zero-order chi connectivity index (χ0) is 28.5. The average Bonchev–Trinajstić information content (AvgIpc) is 3.79. The quantitative estimate of drug-likeness (QED) is 0.255. The number of fused-ring (bicyclic) bond motifs is 1. The van der Waals surface area contributed by atoms with Crippen LogP contribution in [0.4, 0.5) is 5.69 Å². The largest absolute Gasteiger partial charge is 0.497 e. The highest BCUT2D eigenvalue weighted by atomic mass is 32.2. The van der Waals surface area contributed by atoms with Crippen LogP contribution in [0.5, 0.6) is 5.75 Å². The van der Waals surface area contributed by atoms with Crippen LogP contribution in [0.1, 0.15) is 44.7 Å². The first-order chi connectivity index (χ1) is 19.1. The van der Waals surface area contributed by atoms with E-state index in [0.29, 0.717) is 18.0 Å². The van der Waals surface area contributed by atoms with Gasteiger partial charge in [-0.1, -0.05) is 51.1 Å². The van der Waals surface area contributed by atoms with Crippen LogP contribution in [-0.2, 0) is 26.8 Å². The summed E-state index contributed by atoms with van der Waals surface area (Å²) >= 11 is 0. The molecule has 5 rings (SSSR count). The van der Waals surface area contributed by atoms with Crippen LogP contribution in [0.3, 0.4) is 0 Å². The standard InChI is InChI=1S/C32H35N3O4S/c1-32(2,3)25-10-15-29(16-11-25)40(37,38)35(27-14-17-30-24(20-27)8-6-18-33-30)22-31(36)34(26-12-13-26)21-23-7-5-9-28(19-23)39-4/h5-11,14-20,26H,12-13,21-22H2,1-4H3. The number of benzene rings is 3. The summed E-state index contributed by atoms with van der Waals surface area (Å²) in [5.41, 5.74) is 3.02. The second-order valence-electron chi connectivity index (χ2n) is 11.3. The first-order valence-corrected chi connectivity index (χ1v) is 14.9. The molecule has 40 heavy (non-hydrogen) atoms. The fourth-order valence-electron chi connectivity index (χ4n) is 4.78. The van der Waals surface area contributed by atoms with E-state index in [2.05, 4.69) is 25.8 Å². The van der Waals surface area contributed by atoms with Gasteiger partial charge in [0, 0.05) is 24.2 Å². The summed E-state index contributed by atoms with van der Waals surface area (Å²) in [6.45, 7) is 6.32. The van der Waals surface area contributed by atoms with Gasteiger partial charge in [0.1, 0.15) is 12.3 Å². The highest BCUT2D eigenvalue weighted by Gasteiger charge is 2.36. The van der Waals surface area contributed by atoms with Crippen molar-refractivity contribution in [2.24, 2.45) is 0 Å². The Labute approximate surface area is 236 Å². The van der Waals surface area contributed by atoms with E-state index < -0.39 is 10.0 Å². The molecule has 1 aliphatic rings. The average molecular weight is 558 g/mol. The van der Waals surface area contributed by atoms with E-state index in [4.69, 9.17) is 4.74 Å².